The Morgan fingerprint density at radius 2 is 1.47 bits per heavy atom. The molecule has 0 saturated carbocycles. The first kappa shape index (κ1) is 14.9. The van der Waals surface area contributed by atoms with Gasteiger partial charge in [0.1, 0.15) is 0 Å². The minimum absolute atomic E-state index is 0.740. The van der Waals surface area contributed by atoms with Crippen LogP contribution in [0.15, 0.2) is 0 Å². The second kappa shape index (κ2) is 10.4. The number of rotatable bonds is 10. The zero-order valence-electron chi connectivity index (χ0n) is 10.3. The van der Waals surface area contributed by atoms with E-state index in [4.69, 9.17) is 17.2 Å². The fourth-order valence-electron chi connectivity index (χ4n) is 2.16. The molecular formula is C12H29N3. The van der Waals surface area contributed by atoms with Crippen LogP contribution < -0.4 is 17.2 Å². The molecule has 3 nitrogen and oxygen atoms in total. The number of hydrogen-bond acceptors (Lipinski definition) is 3. The van der Waals surface area contributed by atoms with E-state index in [0.29, 0.717) is 0 Å². The first-order chi connectivity index (χ1) is 7.24. The van der Waals surface area contributed by atoms with Crippen molar-refractivity contribution in [3.05, 3.63) is 0 Å². The molecular weight excluding hydrogens is 186 g/mol. The Balaban J connectivity index is 3.70. The zero-order chi connectivity index (χ0) is 11.5. The highest BCUT2D eigenvalue weighted by Gasteiger charge is 2.11. The molecule has 0 heterocycles. The summed E-state index contributed by atoms with van der Waals surface area (Å²) in [6.45, 7) is 4.72. The standard InChI is InChI=1S/C12H29N3/c1-11(5-8-14)10-12(6-9-15)4-2-3-7-13/h11-12H,2-10,13-15H2,1H3. The van der Waals surface area contributed by atoms with E-state index in [1.54, 1.807) is 0 Å². The molecule has 3 heteroatoms. The fraction of sp³-hybridized carbons (Fsp3) is 1.00. The topological polar surface area (TPSA) is 78.1 Å². The Kier molecular flexibility index (Phi) is 10.3. The highest BCUT2D eigenvalue weighted by molar-refractivity contribution is 4.65. The molecule has 0 saturated heterocycles. The Hall–Kier alpha value is -0.120. The summed E-state index contributed by atoms with van der Waals surface area (Å²) in [6, 6.07) is 0. The van der Waals surface area contributed by atoms with Gasteiger partial charge in [0, 0.05) is 0 Å². The van der Waals surface area contributed by atoms with Crippen LogP contribution >= 0.6 is 0 Å². The van der Waals surface area contributed by atoms with Gasteiger partial charge < -0.3 is 17.2 Å². The van der Waals surface area contributed by atoms with Crippen molar-refractivity contribution in [3.8, 4) is 0 Å². The summed E-state index contributed by atoms with van der Waals surface area (Å²) in [5.74, 6) is 1.52. The summed E-state index contributed by atoms with van der Waals surface area (Å²) in [6.07, 6.45) is 7.24. The summed E-state index contributed by atoms with van der Waals surface area (Å²) in [7, 11) is 0. The van der Waals surface area contributed by atoms with E-state index < -0.39 is 0 Å². The summed E-state index contributed by atoms with van der Waals surface area (Å²) < 4.78 is 0. The van der Waals surface area contributed by atoms with E-state index >= 15 is 0 Å². The van der Waals surface area contributed by atoms with Gasteiger partial charge in [0.05, 0.1) is 0 Å². The van der Waals surface area contributed by atoms with Gasteiger partial charge in [-0.05, 0) is 57.2 Å². The van der Waals surface area contributed by atoms with Crippen molar-refractivity contribution in [2.75, 3.05) is 19.6 Å². The maximum Gasteiger partial charge on any atom is -0.00746 e. The third-order valence-electron chi connectivity index (χ3n) is 3.04. The van der Waals surface area contributed by atoms with Crippen LogP contribution in [-0.4, -0.2) is 19.6 Å². The second-order valence-electron chi connectivity index (χ2n) is 4.65. The first-order valence-electron chi connectivity index (χ1n) is 6.34. The summed E-state index contributed by atoms with van der Waals surface area (Å²) in [5, 5.41) is 0. The van der Waals surface area contributed by atoms with Gasteiger partial charge in [0.15, 0.2) is 0 Å². The Morgan fingerprint density at radius 3 is 2.00 bits per heavy atom. The lowest BCUT2D eigenvalue weighted by atomic mass is 9.87. The number of nitrogens with two attached hydrogens (primary N) is 3. The first-order valence-corrected chi connectivity index (χ1v) is 6.34. The van der Waals surface area contributed by atoms with Crippen LogP contribution in [0.5, 0.6) is 0 Å². The van der Waals surface area contributed by atoms with Crippen molar-refractivity contribution < 1.29 is 0 Å². The van der Waals surface area contributed by atoms with E-state index in [0.717, 1.165) is 50.7 Å². The molecule has 0 aliphatic heterocycles. The molecule has 92 valence electrons. The van der Waals surface area contributed by atoms with Crippen molar-refractivity contribution in [1.29, 1.82) is 0 Å². The van der Waals surface area contributed by atoms with E-state index in [2.05, 4.69) is 6.92 Å². The van der Waals surface area contributed by atoms with Crippen molar-refractivity contribution in [1.82, 2.24) is 0 Å². The van der Waals surface area contributed by atoms with Gasteiger partial charge in [-0.25, -0.2) is 0 Å². The SMILES string of the molecule is CC(CCN)CC(CCN)CCCCN. The van der Waals surface area contributed by atoms with Crippen LogP contribution in [0.4, 0.5) is 0 Å². The zero-order valence-corrected chi connectivity index (χ0v) is 10.3. The quantitative estimate of drug-likeness (QED) is 0.483. The van der Waals surface area contributed by atoms with E-state index in [1.807, 2.05) is 0 Å². The summed E-state index contributed by atoms with van der Waals surface area (Å²) in [5.41, 5.74) is 16.7. The molecule has 0 aromatic carbocycles. The molecule has 0 bridgehead atoms. The molecule has 0 radical (unpaired) electrons. The maximum absolute atomic E-state index is 5.63. The fourth-order valence-corrected chi connectivity index (χ4v) is 2.16. The van der Waals surface area contributed by atoms with Gasteiger partial charge in [-0.1, -0.05) is 19.8 Å². The molecule has 0 rings (SSSR count). The van der Waals surface area contributed by atoms with E-state index in [1.165, 1.54) is 19.3 Å². The van der Waals surface area contributed by atoms with Gasteiger partial charge in [-0.2, -0.15) is 0 Å². The monoisotopic (exact) mass is 215 g/mol. The molecule has 15 heavy (non-hydrogen) atoms. The Morgan fingerprint density at radius 1 is 0.800 bits per heavy atom. The molecule has 6 N–H and O–H groups in total. The highest BCUT2D eigenvalue weighted by atomic mass is 14.5. The number of unbranched alkanes of at least 4 members (excludes halogenated alkanes) is 1. The molecule has 0 spiro atoms. The average molecular weight is 215 g/mol. The van der Waals surface area contributed by atoms with Crippen molar-refractivity contribution in [2.45, 2.75) is 45.4 Å². The van der Waals surface area contributed by atoms with Crippen molar-refractivity contribution >= 4 is 0 Å². The van der Waals surface area contributed by atoms with Gasteiger partial charge in [0.25, 0.3) is 0 Å². The second-order valence-corrected chi connectivity index (χ2v) is 4.65. The van der Waals surface area contributed by atoms with Crippen LogP contribution in [0.3, 0.4) is 0 Å². The molecule has 0 fully saturated rings. The summed E-state index contributed by atoms with van der Waals surface area (Å²) in [4.78, 5) is 0. The van der Waals surface area contributed by atoms with Gasteiger partial charge in [-0.3, -0.25) is 0 Å². The predicted octanol–water partition coefficient (Wildman–Crippen LogP) is 1.46. The average Bonchev–Trinajstić information content (AvgIpc) is 2.18. The van der Waals surface area contributed by atoms with E-state index in [9.17, 15) is 0 Å². The molecule has 0 aromatic rings. The summed E-state index contributed by atoms with van der Waals surface area (Å²) >= 11 is 0. The largest absolute Gasteiger partial charge is 0.330 e. The lowest BCUT2D eigenvalue weighted by Gasteiger charge is -2.20. The Bertz CT molecular complexity index is 128. The third-order valence-corrected chi connectivity index (χ3v) is 3.04. The Labute approximate surface area is 94.8 Å². The molecule has 2 unspecified atom stereocenters. The molecule has 0 aromatic heterocycles. The number of hydrogen-bond donors (Lipinski definition) is 3. The van der Waals surface area contributed by atoms with Gasteiger partial charge in [-0.15, -0.1) is 0 Å². The lowest BCUT2D eigenvalue weighted by Crippen LogP contribution is -2.15. The van der Waals surface area contributed by atoms with E-state index in [-0.39, 0.29) is 0 Å². The molecule has 2 atom stereocenters. The van der Waals surface area contributed by atoms with Crippen LogP contribution in [0.2, 0.25) is 0 Å². The van der Waals surface area contributed by atoms with Crippen LogP contribution in [0.25, 0.3) is 0 Å². The lowest BCUT2D eigenvalue weighted by molar-refractivity contribution is 0.335. The normalized spacial score (nSPS) is 15.2. The molecule has 0 aliphatic carbocycles. The van der Waals surface area contributed by atoms with Crippen molar-refractivity contribution in [3.63, 3.8) is 0 Å². The van der Waals surface area contributed by atoms with Crippen LogP contribution in [-0.2, 0) is 0 Å². The smallest absolute Gasteiger partial charge is 0.00746 e. The molecule has 0 aliphatic rings. The van der Waals surface area contributed by atoms with Gasteiger partial charge >= 0.3 is 0 Å². The van der Waals surface area contributed by atoms with Gasteiger partial charge in [0.2, 0.25) is 0 Å². The van der Waals surface area contributed by atoms with Crippen molar-refractivity contribution in [2.24, 2.45) is 29.0 Å². The minimum atomic E-state index is 0.740. The third kappa shape index (κ3) is 8.85. The highest BCUT2D eigenvalue weighted by Crippen LogP contribution is 2.22. The van der Waals surface area contributed by atoms with Crippen LogP contribution in [0.1, 0.15) is 45.4 Å². The predicted molar refractivity (Wildman–Crippen MR) is 67.5 cm³/mol. The van der Waals surface area contributed by atoms with Crippen LogP contribution in [0, 0.1) is 11.8 Å². The minimum Gasteiger partial charge on any atom is -0.330 e. The molecule has 0 amide bonds. The maximum atomic E-state index is 5.63.